The zero-order valence-corrected chi connectivity index (χ0v) is 23.3. The third-order valence-electron chi connectivity index (χ3n) is 8.23. The van der Waals surface area contributed by atoms with Crippen molar-refractivity contribution in [2.75, 3.05) is 5.32 Å². The van der Waals surface area contributed by atoms with E-state index in [0.717, 1.165) is 16.7 Å². The molecule has 0 amide bonds. The fraction of sp³-hybridized carbons (Fsp3) is 0.167. The Labute approximate surface area is 238 Å². The van der Waals surface area contributed by atoms with Gasteiger partial charge in [0.2, 0.25) is 0 Å². The van der Waals surface area contributed by atoms with Gasteiger partial charge in [-0.3, -0.25) is 0 Å². The maximum absolute atomic E-state index is 6.91. The topological polar surface area (TPSA) is 30.5 Å². The van der Waals surface area contributed by atoms with E-state index in [4.69, 9.17) is 9.31 Å². The van der Waals surface area contributed by atoms with E-state index in [9.17, 15) is 0 Å². The third-order valence-corrected chi connectivity index (χ3v) is 8.23. The van der Waals surface area contributed by atoms with Crippen LogP contribution < -0.4 is 10.8 Å². The molecule has 0 spiro atoms. The monoisotopic (exact) mass is 523 g/mol. The summed E-state index contributed by atoms with van der Waals surface area (Å²) in [5.74, 6) is 0. The first kappa shape index (κ1) is 26.1. The standard InChI is InChI=1S/C36H34BNO2/c1-35(2)36(3,40-37(39-35)32-25-23-30(24-26-32)28-15-9-5-10-16-28)34(38-33-17-11-6-12-18-33)31-21-19-29(20-22-31)27-13-7-4-8-14-27/h4-26,34,38H,1-3H3. The van der Waals surface area contributed by atoms with Gasteiger partial charge in [0.15, 0.2) is 0 Å². The molecule has 0 aliphatic carbocycles. The number of hydrogen-bond acceptors (Lipinski definition) is 3. The Kier molecular flexibility index (Phi) is 7.06. The highest BCUT2D eigenvalue weighted by atomic mass is 16.7. The van der Waals surface area contributed by atoms with Crippen LogP contribution in [0.15, 0.2) is 140 Å². The Hall–Kier alpha value is -4.12. The predicted octanol–water partition coefficient (Wildman–Crippen LogP) is 8.15. The van der Waals surface area contributed by atoms with E-state index in [-0.39, 0.29) is 6.04 Å². The van der Waals surface area contributed by atoms with Gasteiger partial charge in [0.1, 0.15) is 5.60 Å². The van der Waals surface area contributed by atoms with Crippen molar-refractivity contribution >= 4 is 18.3 Å². The van der Waals surface area contributed by atoms with Crippen LogP contribution in [0.1, 0.15) is 32.4 Å². The number of rotatable bonds is 7. The molecule has 0 bridgehead atoms. The lowest BCUT2D eigenvalue weighted by atomic mass is 9.77. The molecular weight excluding hydrogens is 489 g/mol. The normalized spacial score (nSPS) is 18.8. The van der Waals surface area contributed by atoms with Gasteiger partial charge in [0.05, 0.1) is 11.6 Å². The molecular formula is C36H34BNO2. The molecule has 40 heavy (non-hydrogen) atoms. The van der Waals surface area contributed by atoms with Crippen molar-refractivity contribution in [2.24, 2.45) is 0 Å². The lowest BCUT2D eigenvalue weighted by molar-refractivity contribution is -0.0242. The zero-order chi connectivity index (χ0) is 27.6. The molecule has 1 saturated heterocycles. The molecule has 6 rings (SSSR count). The number of para-hydroxylation sites is 1. The lowest BCUT2D eigenvalue weighted by Gasteiger charge is -2.43. The highest BCUT2D eigenvalue weighted by Gasteiger charge is 2.58. The average molecular weight is 523 g/mol. The molecule has 1 aliphatic rings. The van der Waals surface area contributed by atoms with Crippen LogP contribution in [0.2, 0.25) is 0 Å². The Morgan fingerprint density at radius 1 is 0.525 bits per heavy atom. The quantitative estimate of drug-likeness (QED) is 0.218. The molecule has 2 unspecified atom stereocenters. The van der Waals surface area contributed by atoms with Crippen LogP contribution in [0.4, 0.5) is 5.69 Å². The molecule has 0 radical (unpaired) electrons. The van der Waals surface area contributed by atoms with E-state index >= 15 is 0 Å². The van der Waals surface area contributed by atoms with Gasteiger partial charge in [-0.1, -0.05) is 127 Å². The summed E-state index contributed by atoms with van der Waals surface area (Å²) in [6.07, 6.45) is 0. The molecule has 1 fully saturated rings. The molecule has 0 aromatic heterocycles. The van der Waals surface area contributed by atoms with Gasteiger partial charge in [0, 0.05) is 5.69 Å². The Balaban J connectivity index is 1.33. The van der Waals surface area contributed by atoms with E-state index in [1.807, 2.05) is 18.2 Å². The summed E-state index contributed by atoms with van der Waals surface area (Å²) in [6, 6.07) is 48.3. The predicted molar refractivity (Wildman–Crippen MR) is 167 cm³/mol. The van der Waals surface area contributed by atoms with Crippen molar-refractivity contribution in [2.45, 2.75) is 38.0 Å². The summed E-state index contributed by atoms with van der Waals surface area (Å²) in [7, 11) is -0.478. The van der Waals surface area contributed by atoms with E-state index in [2.05, 4.69) is 147 Å². The van der Waals surface area contributed by atoms with Crippen molar-refractivity contribution < 1.29 is 9.31 Å². The summed E-state index contributed by atoms with van der Waals surface area (Å²) >= 11 is 0. The van der Waals surface area contributed by atoms with Crippen molar-refractivity contribution in [1.82, 2.24) is 0 Å². The minimum absolute atomic E-state index is 0.164. The van der Waals surface area contributed by atoms with Gasteiger partial charge in [-0.2, -0.15) is 0 Å². The minimum Gasteiger partial charge on any atom is -0.399 e. The van der Waals surface area contributed by atoms with Crippen molar-refractivity contribution in [1.29, 1.82) is 0 Å². The first-order chi connectivity index (χ1) is 19.4. The molecule has 1 aliphatic heterocycles. The molecule has 4 heteroatoms. The van der Waals surface area contributed by atoms with Gasteiger partial charge >= 0.3 is 7.12 Å². The van der Waals surface area contributed by atoms with Gasteiger partial charge in [-0.05, 0) is 66.2 Å². The van der Waals surface area contributed by atoms with Crippen molar-refractivity contribution in [3.63, 3.8) is 0 Å². The zero-order valence-electron chi connectivity index (χ0n) is 23.3. The van der Waals surface area contributed by atoms with Crippen LogP contribution in [-0.4, -0.2) is 18.3 Å². The minimum atomic E-state index is -0.681. The molecule has 1 N–H and O–H groups in total. The summed E-state index contributed by atoms with van der Waals surface area (Å²) in [4.78, 5) is 0. The van der Waals surface area contributed by atoms with Gasteiger partial charge < -0.3 is 14.6 Å². The van der Waals surface area contributed by atoms with Crippen LogP contribution in [0.3, 0.4) is 0 Å². The number of benzene rings is 5. The van der Waals surface area contributed by atoms with Gasteiger partial charge in [-0.15, -0.1) is 0 Å². The summed E-state index contributed by atoms with van der Waals surface area (Å²) in [5.41, 5.74) is 6.68. The number of anilines is 1. The van der Waals surface area contributed by atoms with Crippen molar-refractivity contribution in [3.8, 4) is 22.3 Å². The van der Waals surface area contributed by atoms with Crippen molar-refractivity contribution in [3.05, 3.63) is 145 Å². The second-order valence-electron chi connectivity index (χ2n) is 11.1. The van der Waals surface area contributed by atoms with E-state index in [0.29, 0.717) is 0 Å². The average Bonchev–Trinajstić information content (AvgIpc) is 3.26. The molecule has 198 valence electrons. The van der Waals surface area contributed by atoms with Crippen LogP contribution in [0, 0.1) is 0 Å². The lowest BCUT2D eigenvalue weighted by Crippen LogP contribution is -2.52. The Bertz CT molecular complexity index is 1540. The molecule has 2 atom stereocenters. The fourth-order valence-corrected chi connectivity index (χ4v) is 5.53. The molecule has 5 aromatic carbocycles. The molecule has 3 nitrogen and oxygen atoms in total. The first-order valence-corrected chi connectivity index (χ1v) is 13.9. The second-order valence-corrected chi connectivity index (χ2v) is 11.1. The fourth-order valence-electron chi connectivity index (χ4n) is 5.53. The number of hydrogen-bond donors (Lipinski definition) is 1. The number of nitrogens with one attached hydrogen (secondary N) is 1. The Morgan fingerprint density at radius 2 is 0.975 bits per heavy atom. The first-order valence-electron chi connectivity index (χ1n) is 13.9. The van der Waals surface area contributed by atoms with Crippen LogP contribution in [0.5, 0.6) is 0 Å². The van der Waals surface area contributed by atoms with E-state index < -0.39 is 18.3 Å². The summed E-state index contributed by atoms with van der Waals surface area (Å²) in [6.45, 7) is 6.42. The SMILES string of the molecule is CC1(C)OB(c2ccc(-c3ccccc3)cc2)OC1(C)C(Nc1ccccc1)c1ccc(-c2ccccc2)cc1. The highest BCUT2D eigenvalue weighted by molar-refractivity contribution is 6.62. The summed E-state index contributed by atoms with van der Waals surface area (Å²) in [5, 5.41) is 3.79. The Morgan fingerprint density at radius 3 is 1.50 bits per heavy atom. The molecule has 1 heterocycles. The highest BCUT2D eigenvalue weighted by Crippen LogP contribution is 2.47. The third kappa shape index (κ3) is 5.09. The molecule has 0 saturated carbocycles. The van der Waals surface area contributed by atoms with Gasteiger partial charge in [-0.25, -0.2) is 0 Å². The molecule has 5 aromatic rings. The smallest absolute Gasteiger partial charge is 0.399 e. The van der Waals surface area contributed by atoms with Crippen LogP contribution >= 0.6 is 0 Å². The van der Waals surface area contributed by atoms with Gasteiger partial charge in [0.25, 0.3) is 0 Å². The second kappa shape index (κ2) is 10.8. The van der Waals surface area contributed by atoms with E-state index in [1.54, 1.807) is 0 Å². The van der Waals surface area contributed by atoms with Crippen LogP contribution in [0.25, 0.3) is 22.3 Å². The maximum atomic E-state index is 6.91. The maximum Gasteiger partial charge on any atom is 0.494 e. The largest absolute Gasteiger partial charge is 0.494 e. The van der Waals surface area contributed by atoms with E-state index in [1.165, 1.54) is 22.3 Å². The van der Waals surface area contributed by atoms with Crippen LogP contribution in [-0.2, 0) is 9.31 Å². The summed E-state index contributed by atoms with van der Waals surface area (Å²) < 4.78 is 13.6.